The van der Waals surface area contributed by atoms with Gasteiger partial charge in [-0.1, -0.05) is 42.8 Å². The summed E-state index contributed by atoms with van der Waals surface area (Å²) in [6.07, 6.45) is 4.83. The normalized spacial score (nSPS) is 26.5. The molecule has 0 aromatic carbocycles. The fourth-order valence-corrected chi connectivity index (χ4v) is 3.05. The molecule has 116 valence electrons. The molecule has 0 saturated heterocycles. The van der Waals surface area contributed by atoms with Crippen molar-refractivity contribution in [2.75, 3.05) is 11.9 Å². The van der Waals surface area contributed by atoms with Crippen LogP contribution in [0.15, 0.2) is 11.6 Å². The highest BCUT2D eigenvalue weighted by Crippen LogP contribution is 2.31. The summed E-state index contributed by atoms with van der Waals surface area (Å²) in [5, 5.41) is 0.942. The smallest absolute Gasteiger partial charge is 0.309 e. The van der Waals surface area contributed by atoms with Crippen LogP contribution in [0.1, 0.15) is 47.0 Å². The van der Waals surface area contributed by atoms with Crippen LogP contribution in [0.4, 0.5) is 0 Å². The first-order valence-corrected chi connectivity index (χ1v) is 8.67. The Hall–Kier alpha value is -0.350. The van der Waals surface area contributed by atoms with Gasteiger partial charge in [0, 0.05) is 11.2 Å². The third kappa shape index (κ3) is 5.57. The fraction of sp³-hybridized carbons (Fsp3) is 0.812. The minimum absolute atomic E-state index is 0.0552. The van der Waals surface area contributed by atoms with E-state index < -0.39 is 0 Å². The largest absolute Gasteiger partial charge is 0.466 e. The van der Waals surface area contributed by atoms with Gasteiger partial charge in [-0.05, 0) is 31.3 Å². The van der Waals surface area contributed by atoms with Crippen LogP contribution in [0.25, 0.3) is 0 Å². The first-order valence-electron chi connectivity index (χ1n) is 7.55. The van der Waals surface area contributed by atoms with Gasteiger partial charge in [0.2, 0.25) is 0 Å². The first-order chi connectivity index (χ1) is 9.47. The highest BCUT2D eigenvalue weighted by Gasteiger charge is 2.30. The lowest BCUT2D eigenvalue weighted by molar-refractivity contribution is -0.143. The fourth-order valence-electron chi connectivity index (χ4n) is 2.60. The van der Waals surface area contributed by atoms with E-state index in [4.69, 9.17) is 9.47 Å². The Morgan fingerprint density at radius 2 is 2.20 bits per heavy atom. The van der Waals surface area contributed by atoms with Gasteiger partial charge in [-0.3, -0.25) is 4.79 Å². The molecular formula is C16H27BrO3. The lowest BCUT2D eigenvalue weighted by Gasteiger charge is -2.35. The third-order valence-corrected chi connectivity index (χ3v) is 4.01. The Labute approximate surface area is 131 Å². The molecule has 0 bridgehead atoms. The van der Waals surface area contributed by atoms with Crippen molar-refractivity contribution in [2.24, 2.45) is 11.8 Å². The van der Waals surface area contributed by atoms with E-state index in [1.807, 2.05) is 6.92 Å². The Morgan fingerprint density at radius 1 is 1.50 bits per heavy atom. The molecule has 0 aromatic heterocycles. The average molecular weight is 347 g/mol. The van der Waals surface area contributed by atoms with Gasteiger partial charge >= 0.3 is 5.97 Å². The van der Waals surface area contributed by atoms with E-state index in [0.717, 1.165) is 23.7 Å². The predicted octanol–water partition coefficient (Wildman–Crippen LogP) is 4.10. The van der Waals surface area contributed by atoms with Crippen molar-refractivity contribution in [1.82, 2.24) is 0 Å². The molecule has 0 N–H and O–H groups in total. The standard InChI is InChI=1S/C16H27BrO3/c1-5-19-16(18)10-13-9-12(4)14(6-7-17)20-15(13)8-11(2)3/h9,11-12,14-15H,5-8,10H2,1-4H3/t12-,14-,15-/m0/s1. The molecule has 0 saturated carbocycles. The number of alkyl halides is 1. The minimum Gasteiger partial charge on any atom is -0.466 e. The van der Waals surface area contributed by atoms with Crippen LogP contribution in [0.2, 0.25) is 0 Å². The Bertz CT molecular complexity index is 339. The zero-order chi connectivity index (χ0) is 15.1. The van der Waals surface area contributed by atoms with Crippen molar-refractivity contribution in [2.45, 2.75) is 59.2 Å². The van der Waals surface area contributed by atoms with Gasteiger partial charge in [-0.2, -0.15) is 0 Å². The molecule has 4 heteroatoms. The molecule has 1 rings (SSSR count). The molecule has 0 radical (unpaired) electrons. The summed E-state index contributed by atoms with van der Waals surface area (Å²) in [6, 6.07) is 0. The summed E-state index contributed by atoms with van der Waals surface area (Å²) in [6.45, 7) is 8.79. The van der Waals surface area contributed by atoms with Crippen molar-refractivity contribution in [3.63, 3.8) is 0 Å². The first kappa shape index (κ1) is 17.7. The molecule has 1 aliphatic heterocycles. The summed E-state index contributed by atoms with van der Waals surface area (Å²) in [7, 11) is 0. The third-order valence-electron chi connectivity index (χ3n) is 3.55. The second-order valence-electron chi connectivity index (χ2n) is 5.85. The Morgan fingerprint density at radius 3 is 2.75 bits per heavy atom. The van der Waals surface area contributed by atoms with Crippen molar-refractivity contribution in [1.29, 1.82) is 0 Å². The number of esters is 1. The van der Waals surface area contributed by atoms with E-state index in [1.165, 1.54) is 0 Å². The molecule has 0 unspecified atom stereocenters. The summed E-state index contributed by atoms with van der Waals surface area (Å²) in [5.74, 6) is 0.742. The zero-order valence-electron chi connectivity index (χ0n) is 13.0. The maximum atomic E-state index is 11.7. The maximum Gasteiger partial charge on any atom is 0.309 e. The number of rotatable bonds is 7. The van der Waals surface area contributed by atoms with E-state index in [-0.39, 0.29) is 18.2 Å². The van der Waals surface area contributed by atoms with Gasteiger partial charge < -0.3 is 9.47 Å². The van der Waals surface area contributed by atoms with E-state index in [2.05, 4.69) is 42.8 Å². The van der Waals surface area contributed by atoms with Gasteiger partial charge in [0.15, 0.2) is 0 Å². The molecule has 0 aromatic rings. The second-order valence-corrected chi connectivity index (χ2v) is 6.65. The topological polar surface area (TPSA) is 35.5 Å². The van der Waals surface area contributed by atoms with Crippen molar-refractivity contribution in [3.8, 4) is 0 Å². The molecule has 3 atom stereocenters. The van der Waals surface area contributed by atoms with Crippen LogP contribution in [-0.2, 0) is 14.3 Å². The SMILES string of the molecule is CCOC(=O)CC1=C[C@H](C)[C@H](CCBr)O[C@H]1CC(C)C. The van der Waals surface area contributed by atoms with Crippen LogP contribution in [-0.4, -0.2) is 30.1 Å². The molecule has 0 fully saturated rings. The number of hydrogen-bond donors (Lipinski definition) is 0. The van der Waals surface area contributed by atoms with Crippen LogP contribution in [0, 0.1) is 11.8 Å². The average Bonchev–Trinajstić information content (AvgIpc) is 2.34. The van der Waals surface area contributed by atoms with Crippen molar-refractivity contribution in [3.05, 3.63) is 11.6 Å². The monoisotopic (exact) mass is 346 g/mol. The maximum absolute atomic E-state index is 11.7. The quantitative estimate of drug-likeness (QED) is 0.395. The number of ether oxygens (including phenoxy) is 2. The van der Waals surface area contributed by atoms with Crippen LogP contribution in [0.5, 0.6) is 0 Å². The van der Waals surface area contributed by atoms with E-state index >= 15 is 0 Å². The summed E-state index contributed by atoms with van der Waals surface area (Å²) in [5.41, 5.74) is 1.09. The van der Waals surface area contributed by atoms with Gasteiger partial charge in [-0.15, -0.1) is 0 Å². The van der Waals surface area contributed by atoms with E-state index in [9.17, 15) is 4.79 Å². The van der Waals surface area contributed by atoms with Crippen molar-refractivity contribution >= 4 is 21.9 Å². The summed E-state index contributed by atoms with van der Waals surface area (Å²) >= 11 is 3.48. The molecular weight excluding hydrogens is 320 g/mol. The van der Waals surface area contributed by atoms with E-state index in [0.29, 0.717) is 24.9 Å². The summed E-state index contributed by atoms with van der Waals surface area (Å²) < 4.78 is 11.3. The molecule has 0 amide bonds. The number of carbonyl (C=O) groups excluding carboxylic acids is 1. The highest BCUT2D eigenvalue weighted by molar-refractivity contribution is 9.09. The lowest BCUT2D eigenvalue weighted by Crippen LogP contribution is -2.35. The minimum atomic E-state index is -0.151. The summed E-state index contributed by atoms with van der Waals surface area (Å²) in [4.78, 5) is 11.7. The molecule has 0 spiro atoms. The van der Waals surface area contributed by atoms with E-state index in [1.54, 1.807) is 0 Å². The van der Waals surface area contributed by atoms with Gasteiger partial charge in [-0.25, -0.2) is 0 Å². The number of hydrogen-bond acceptors (Lipinski definition) is 3. The number of carbonyl (C=O) groups is 1. The Balaban J connectivity index is 2.79. The van der Waals surface area contributed by atoms with Gasteiger partial charge in [0.1, 0.15) is 0 Å². The Kier molecular flexibility index (Phi) is 7.82. The molecule has 1 aliphatic rings. The lowest BCUT2D eigenvalue weighted by atomic mass is 9.88. The highest BCUT2D eigenvalue weighted by atomic mass is 79.9. The van der Waals surface area contributed by atoms with Crippen LogP contribution >= 0.6 is 15.9 Å². The molecule has 1 heterocycles. The van der Waals surface area contributed by atoms with Crippen LogP contribution in [0.3, 0.4) is 0 Å². The zero-order valence-corrected chi connectivity index (χ0v) is 14.6. The second kappa shape index (κ2) is 8.83. The number of halogens is 1. The van der Waals surface area contributed by atoms with Crippen LogP contribution < -0.4 is 0 Å². The van der Waals surface area contributed by atoms with Gasteiger partial charge in [0.05, 0.1) is 25.2 Å². The van der Waals surface area contributed by atoms with Gasteiger partial charge in [0.25, 0.3) is 0 Å². The predicted molar refractivity (Wildman–Crippen MR) is 85.0 cm³/mol. The molecule has 3 nitrogen and oxygen atoms in total. The van der Waals surface area contributed by atoms with Crippen molar-refractivity contribution < 1.29 is 14.3 Å². The molecule has 0 aliphatic carbocycles. The molecule has 20 heavy (non-hydrogen) atoms.